The van der Waals surface area contributed by atoms with Gasteiger partial charge < -0.3 is 24.0 Å². The minimum absolute atomic E-state index is 0.0389. The van der Waals surface area contributed by atoms with Crippen LogP contribution in [0.5, 0.6) is 0 Å². The van der Waals surface area contributed by atoms with Crippen molar-refractivity contribution in [1.82, 2.24) is 10.2 Å². The largest absolute Gasteiger partial charge is 0.415 e. The quantitative estimate of drug-likeness (QED) is 0.149. The summed E-state index contributed by atoms with van der Waals surface area (Å²) in [5.74, 6) is -2.66. The summed E-state index contributed by atoms with van der Waals surface area (Å²) in [6.07, 6.45) is 2.57. The summed E-state index contributed by atoms with van der Waals surface area (Å²) in [5, 5.41) is 4.90. The number of anilines is 1. The topological polar surface area (TPSA) is 150 Å². The van der Waals surface area contributed by atoms with E-state index in [9.17, 15) is 24.0 Å². The first-order valence-corrected chi connectivity index (χ1v) is 17.5. The van der Waals surface area contributed by atoms with Crippen molar-refractivity contribution < 1.29 is 42.6 Å². The van der Waals surface area contributed by atoms with Gasteiger partial charge in [0.15, 0.2) is 8.32 Å². The van der Waals surface area contributed by atoms with Crippen LogP contribution in [0.3, 0.4) is 0 Å². The summed E-state index contributed by atoms with van der Waals surface area (Å²) in [7, 11) is -1.49. The molecule has 41 heavy (non-hydrogen) atoms. The zero-order valence-corrected chi connectivity index (χ0v) is 25.1. The molecule has 5 amide bonds. The Morgan fingerprint density at radius 3 is 2.22 bits per heavy atom. The molecular weight excluding hydrogens is 550 g/mol. The molecule has 0 spiro atoms. The standard InChI is InChI=1S/C28H41N3O9Si/c1-41(2,3)40-19-18-39-17-16-38-15-14-37-13-6-4-5-10-23(32)29-21-9-7-8-20-25(21)28(36)31(27(20)35)22-11-12-24(33)30-26(22)34/h7-9,22H,4-6,10-19H2,1-3H3,(H,29,32)(H,30,33,34). The Kier molecular flexibility index (Phi) is 12.6. The first kappa shape index (κ1) is 32.5. The molecule has 1 aromatic carbocycles. The SMILES string of the molecule is C[Si](C)(C)OCCOCCOCCOCCCCCC(=O)Nc1cccc2c1C(=O)N(C1CCC(=O)NC1=O)C2=O. The molecule has 1 fully saturated rings. The average molecular weight is 592 g/mol. The lowest BCUT2D eigenvalue weighted by Crippen LogP contribution is -2.54. The molecule has 0 aromatic heterocycles. The van der Waals surface area contributed by atoms with Crippen LogP contribution in [0.1, 0.15) is 59.2 Å². The molecule has 2 aliphatic heterocycles. The number of carbonyl (C=O) groups excluding carboxylic acids is 5. The third-order valence-electron chi connectivity index (χ3n) is 6.44. The van der Waals surface area contributed by atoms with E-state index in [1.165, 1.54) is 6.07 Å². The summed E-state index contributed by atoms with van der Waals surface area (Å²) in [6.45, 7) is 10.2. The lowest BCUT2D eigenvalue weighted by Gasteiger charge is -2.27. The van der Waals surface area contributed by atoms with Crippen molar-refractivity contribution in [1.29, 1.82) is 0 Å². The predicted octanol–water partition coefficient (Wildman–Crippen LogP) is 2.49. The smallest absolute Gasteiger partial charge is 0.264 e. The molecule has 2 aliphatic rings. The van der Waals surface area contributed by atoms with Gasteiger partial charge in [-0.1, -0.05) is 12.5 Å². The van der Waals surface area contributed by atoms with Gasteiger partial charge in [0.25, 0.3) is 11.8 Å². The highest BCUT2D eigenvalue weighted by molar-refractivity contribution is 6.69. The molecule has 0 bridgehead atoms. The van der Waals surface area contributed by atoms with Crippen LogP contribution in [-0.2, 0) is 33.0 Å². The van der Waals surface area contributed by atoms with Crippen LogP contribution in [-0.4, -0.2) is 95.0 Å². The Labute approximate surface area is 241 Å². The molecule has 1 aromatic rings. The van der Waals surface area contributed by atoms with Crippen LogP contribution >= 0.6 is 0 Å². The van der Waals surface area contributed by atoms with Gasteiger partial charge in [-0.2, -0.15) is 0 Å². The van der Waals surface area contributed by atoms with Crippen molar-refractivity contribution in [2.24, 2.45) is 0 Å². The Balaban J connectivity index is 1.27. The van der Waals surface area contributed by atoms with Crippen molar-refractivity contribution >= 4 is 43.5 Å². The fourth-order valence-corrected chi connectivity index (χ4v) is 5.14. The number of nitrogens with zero attached hydrogens (tertiary/aromatic N) is 1. The van der Waals surface area contributed by atoms with Gasteiger partial charge in [0, 0.05) is 19.4 Å². The molecule has 1 saturated heterocycles. The molecule has 13 heteroatoms. The summed E-state index contributed by atoms with van der Waals surface area (Å²) in [5.41, 5.74) is 0.418. The number of ether oxygens (including phenoxy) is 3. The summed E-state index contributed by atoms with van der Waals surface area (Å²) in [4.78, 5) is 63.2. The van der Waals surface area contributed by atoms with E-state index in [0.29, 0.717) is 52.7 Å². The van der Waals surface area contributed by atoms with E-state index in [1.54, 1.807) is 12.1 Å². The molecule has 2 N–H and O–H groups in total. The third-order valence-corrected chi connectivity index (χ3v) is 7.51. The number of hydrogen-bond donors (Lipinski definition) is 2. The summed E-state index contributed by atoms with van der Waals surface area (Å²) in [6, 6.07) is 3.56. The number of nitrogens with one attached hydrogen (secondary N) is 2. The normalized spacial score (nSPS) is 17.1. The molecule has 0 radical (unpaired) electrons. The number of unbranched alkanes of at least 4 members (excludes halogenated alkanes) is 2. The minimum Gasteiger partial charge on any atom is -0.415 e. The van der Waals surface area contributed by atoms with Crippen LogP contribution < -0.4 is 10.6 Å². The average Bonchev–Trinajstić information content (AvgIpc) is 3.16. The van der Waals surface area contributed by atoms with Crippen LogP contribution in [0, 0.1) is 0 Å². The lowest BCUT2D eigenvalue weighted by atomic mass is 10.0. The van der Waals surface area contributed by atoms with E-state index in [4.69, 9.17) is 18.6 Å². The van der Waals surface area contributed by atoms with Gasteiger partial charge in [-0.3, -0.25) is 34.2 Å². The van der Waals surface area contributed by atoms with Crippen LogP contribution in [0.25, 0.3) is 0 Å². The second-order valence-electron chi connectivity index (χ2n) is 10.8. The summed E-state index contributed by atoms with van der Waals surface area (Å²) >= 11 is 0. The van der Waals surface area contributed by atoms with E-state index in [2.05, 4.69) is 30.3 Å². The maximum atomic E-state index is 13.1. The third kappa shape index (κ3) is 10.1. The molecule has 1 atom stereocenters. The van der Waals surface area contributed by atoms with E-state index < -0.39 is 38.0 Å². The maximum absolute atomic E-state index is 13.1. The van der Waals surface area contributed by atoms with Gasteiger partial charge in [0.1, 0.15) is 6.04 Å². The predicted molar refractivity (Wildman–Crippen MR) is 152 cm³/mol. The molecule has 3 rings (SSSR count). The Bertz CT molecular complexity index is 1110. The number of fused-ring (bicyclic) bond motifs is 1. The zero-order chi connectivity index (χ0) is 29.8. The zero-order valence-electron chi connectivity index (χ0n) is 24.1. The molecule has 0 aliphatic carbocycles. The highest BCUT2D eigenvalue weighted by Gasteiger charge is 2.45. The number of benzene rings is 1. The number of imide groups is 2. The van der Waals surface area contributed by atoms with E-state index in [0.717, 1.165) is 17.7 Å². The number of hydrogen-bond acceptors (Lipinski definition) is 9. The highest BCUT2D eigenvalue weighted by Crippen LogP contribution is 2.32. The monoisotopic (exact) mass is 591 g/mol. The Hall–Kier alpha value is -2.97. The second kappa shape index (κ2) is 15.9. The van der Waals surface area contributed by atoms with E-state index >= 15 is 0 Å². The van der Waals surface area contributed by atoms with Crippen molar-refractivity contribution in [2.45, 2.75) is 64.2 Å². The fraction of sp³-hybridized carbons (Fsp3) is 0.607. The Morgan fingerprint density at radius 2 is 1.56 bits per heavy atom. The number of carbonyl (C=O) groups is 5. The van der Waals surface area contributed by atoms with E-state index in [-0.39, 0.29) is 42.0 Å². The van der Waals surface area contributed by atoms with E-state index in [1.807, 2.05) is 0 Å². The molecule has 1 unspecified atom stereocenters. The van der Waals surface area contributed by atoms with Gasteiger partial charge in [0.05, 0.1) is 56.5 Å². The maximum Gasteiger partial charge on any atom is 0.264 e. The number of amides is 5. The second-order valence-corrected chi connectivity index (χ2v) is 15.3. The number of rotatable bonds is 18. The molecule has 0 saturated carbocycles. The molecule has 12 nitrogen and oxygen atoms in total. The molecular formula is C28H41N3O9Si. The van der Waals surface area contributed by atoms with Gasteiger partial charge in [-0.05, 0) is 51.0 Å². The minimum atomic E-state index is -1.49. The van der Waals surface area contributed by atoms with Crippen molar-refractivity contribution in [2.75, 3.05) is 51.6 Å². The summed E-state index contributed by atoms with van der Waals surface area (Å²) < 4.78 is 22.2. The molecule has 226 valence electrons. The first-order chi connectivity index (χ1) is 19.6. The Morgan fingerprint density at radius 1 is 0.902 bits per heavy atom. The van der Waals surface area contributed by atoms with Gasteiger partial charge >= 0.3 is 0 Å². The first-order valence-electron chi connectivity index (χ1n) is 14.1. The van der Waals surface area contributed by atoms with Gasteiger partial charge in [-0.25, -0.2) is 0 Å². The highest BCUT2D eigenvalue weighted by atomic mass is 28.4. The van der Waals surface area contributed by atoms with Crippen molar-refractivity contribution in [3.63, 3.8) is 0 Å². The molecule has 2 heterocycles. The lowest BCUT2D eigenvalue weighted by molar-refractivity contribution is -0.136. The number of piperidine rings is 1. The van der Waals surface area contributed by atoms with Gasteiger partial charge in [-0.15, -0.1) is 0 Å². The van der Waals surface area contributed by atoms with Crippen molar-refractivity contribution in [3.05, 3.63) is 29.3 Å². The van der Waals surface area contributed by atoms with Crippen molar-refractivity contribution in [3.8, 4) is 0 Å². The fourth-order valence-electron chi connectivity index (χ4n) is 4.45. The van der Waals surface area contributed by atoms with Gasteiger partial charge in [0.2, 0.25) is 17.7 Å². The van der Waals surface area contributed by atoms with Crippen LogP contribution in [0.2, 0.25) is 19.6 Å². The van der Waals surface area contributed by atoms with Crippen LogP contribution in [0.4, 0.5) is 5.69 Å². The van der Waals surface area contributed by atoms with Crippen LogP contribution in [0.15, 0.2) is 18.2 Å².